The number of tetrazole rings is 1. The van der Waals surface area contributed by atoms with E-state index in [9.17, 15) is 0 Å². The van der Waals surface area contributed by atoms with Gasteiger partial charge in [0, 0.05) is 19.0 Å². The molecule has 1 aliphatic carbocycles. The lowest BCUT2D eigenvalue weighted by molar-refractivity contribution is 0.300. The molecule has 2 fully saturated rings. The molecule has 1 aliphatic heterocycles. The molecule has 1 saturated heterocycles. The molecule has 0 unspecified atom stereocenters. The van der Waals surface area contributed by atoms with Crippen LogP contribution in [0.1, 0.15) is 36.2 Å². The van der Waals surface area contributed by atoms with E-state index in [4.69, 9.17) is 5.73 Å². The molecule has 0 bridgehead atoms. The SMILES string of the molecule is Cl.NC[C@@H]1CN(Cc2nnnn2C2CC2)C[C@H]1c1ccccc1. The van der Waals surface area contributed by atoms with Crippen LogP contribution in [0.15, 0.2) is 30.3 Å². The van der Waals surface area contributed by atoms with E-state index < -0.39 is 0 Å². The second-order valence-electron chi connectivity index (χ2n) is 6.48. The van der Waals surface area contributed by atoms with Crippen molar-refractivity contribution in [1.82, 2.24) is 25.1 Å². The Labute approximate surface area is 142 Å². The zero-order valence-electron chi connectivity index (χ0n) is 13.1. The second kappa shape index (κ2) is 6.95. The molecular weight excluding hydrogens is 312 g/mol. The molecular formula is C16H23ClN6. The second-order valence-corrected chi connectivity index (χ2v) is 6.48. The molecule has 1 aromatic carbocycles. The van der Waals surface area contributed by atoms with Crippen LogP contribution in [0.25, 0.3) is 0 Å². The Morgan fingerprint density at radius 3 is 2.61 bits per heavy atom. The highest BCUT2D eigenvalue weighted by molar-refractivity contribution is 5.85. The molecule has 2 aliphatic rings. The molecule has 0 amide bonds. The van der Waals surface area contributed by atoms with E-state index >= 15 is 0 Å². The Morgan fingerprint density at radius 1 is 1.13 bits per heavy atom. The molecule has 4 rings (SSSR count). The van der Waals surface area contributed by atoms with Crippen molar-refractivity contribution in [3.63, 3.8) is 0 Å². The maximum Gasteiger partial charge on any atom is 0.165 e. The quantitative estimate of drug-likeness (QED) is 0.899. The zero-order valence-corrected chi connectivity index (χ0v) is 13.9. The van der Waals surface area contributed by atoms with Gasteiger partial charge in [0.25, 0.3) is 0 Å². The molecule has 2 aromatic rings. The van der Waals surface area contributed by atoms with Crippen molar-refractivity contribution >= 4 is 12.4 Å². The maximum atomic E-state index is 6.01. The average molecular weight is 335 g/mol. The topological polar surface area (TPSA) is 72.9 Å². The standard InChI is InChI=1S/C16H22N6.ClH/c17-8-13-9-21(10-15(13)12-4-2-1-3-5-12)11-16-18-19-20-22(16)14-6-7-14;/h1-5,13-15H,6-11,17H2;1H/t13-,15+;/m1./s1. The lowest BCUT2D eigenvalue weighted by atomic mass is 9.89. The smallest absolute Gasteiger partial charge is 0.165 e. The van der Waals surface area contributed by atoms with Gasteiger partial charge >= 0.3 is 0 Å². The number of nitrogens with zero attached hydrogens (tertiary/aromatic N) is 5. The molecule has 124 valence electrons. The first-order chi connectivity index (χ1) is 10.8. The molecule has 1 saturated carbocycles. The Morgan fingerprint density at radius 2 is 1.91 bits per heavy atom. The van der Waals surface area contributed by atoms with Crippen molar-refractivity contribution < 1.29 is 0 Å². The van der Waals surface area contributed by atoms with E-state index in [1.807, 2.05) is 4.68 Å². The Hall–Kier alpha value is -1.50. The number of hydrogen-bond donors (Lipinski definition) is 1. The average Bonchev–Trinajstić information content (AvgIpc) is 3.16. The lowest BCUT2D eigenvalue weighted by Gasteiger charge is -2.16. The van der Waals surface area contributed by atoms with Gasteiger partial charge in [-0.25, -0.2) is 4.68 Å². The molecule has 1 aromatic heterocycles. The third kappa shape index (κ3) is 3.39. The number of rotatable bonds is 5. The van der Waals surface area contributed by atoms with Gasteiger partial charge in [0.2, 0.25) is 0 Å². The number of hydrogen-bond acceptors (Lipinski definition) is 5. The van der Waals surface area contributed by atoms with Crippen molar-refractivity contribution in [3.05, 3.63) is 41.7 Å². The van der Waals surface area contributed by atoms with Crippen LogP contribution in [0.3, 0.4) is 0 Å². The number of benzene rings is 1. The minimum Gasteiger partial charge on any atom is -0.330 e. The normalized spacial score (nSPS) is 24.6. The number of likely N-dealkylation sites (tertiary alicyclic amines) is 1. The fourth-order valence-electron chi connectivity index (χ4n) is 3.53. The van der Waals surface area contributed by atoms with Crippen LogP contribution in [0.4, 0.5) is 0 Å². The van der Waals surface area contributed by atoms with Crippen LogP contribution in [0.2, 0.25) is 0 Å². The molecule has 6 nitrogen and oxygen atoms in total. The Kier molecular flexibility index (Phi) is 4.94. The predicted molar refractivity (Wildman–Crippen MR) is 90.3 cm³/mol. The van der Waals surface area contributed by atoms with Gasteiger partial charge in [-0.05, 0) is 41.3 Å². The van der Waals surface area contributed by atoms with Gasteiger partial charge in [0.15, 0.2) is 5.82 Å². The largest absolute Gasteiger partial charge is 0.330 e. The van der Waals surface area contributed by atoms with E-state index in [0.717, 1.165) is 32.0 Å². The Balaban J connectivity index is 0.00000156. The molecule has 2 atom stereocenters. The van der Waals surface area contributed by atoms with Crippen LogP contribution >= 0.6 is 12.4 Å². The molecule has 0 radical (unpaired) electrons. The highest BCUT2D eigenvalue weighted by atomic mass is 35.5. The van der Waals surface area contributed by atoms with Crippen LogP contribution in [0, 0.1) is 5.92 Å². The van der Waals surface area contributed by atoms with Crippen LogP contribution in [0.5, 0.6) is 0 Å². The third-order valence-corrected chi connectivity index (χ3v) is 4.87. The summed E-state index contributed by atoms with van der Waals surface area (Å²) >= 11 is 0. The summed E-state index contributed by atoms with van der Waals surface area (Å²) in [7, 11) is 0. The first-order valence-electron chi connectivity index (χ1n) is 8.09. The highest BCUT2D eigenvalue weighted by Crippen LogP contribution is 2.36. The summed E-state index contributed by atoms with van der Waals surface area (Å²) < 4.78 is 2.01. The summed E-state index contributed by atoms with van der Waals surface area (Å²) in [6, 6.07) is 11.2. The van der Waals surface area contributed by atoms with Crippen molar-refractivity contribution in [2.75, 3.05) is 19.6 Å². The summed E-state index contributed by atoms with van der Waals surface area (Å²) in [5.41, 5.74) is 7.40. The van der Waals surface area contributed by atoms with Gasteiger partial charge in [-0.1, -0.05) is 30.3 Å². The first kappa shape index (κ1) is 16.4. The van der Waals surface area contributed by atoms with Crippen LogP contribution in [-0.2, 0) is 6.54 Å². The fraction of sp³-hybridized carbons (Fsp3) is 0.562. The number of aromatic nitrogens is 4. The van der Waals surface area contributed by atoms with Crippen molar-refractivity contribution in [2.45, 2.75) is 31.3 Å². The maximum absolute atomic E-state index is 6.01. The Bertz CT molecular complexity index is 627. The molecule has 7 heteroatoms. The summed E-state index contributed by atoms with van der Waals surface area (Å²) in [5, 5.41) is 12.2. The molecule has 0 spiro atoms. The third-order valence-electron chi connectivity index (χ3n) is 4.87. The molecule has 23 heavy (non-hydrogen) atoms. The summed E-state index contributed by atoms with van der Waals surface area (Å²) in [6.45, 7) is 3.60. The minimum absolute atomic E-state index is 0. The van der Waals surface area contributed by atoms with E-state index in [1.54, 1.807) is 0 Å². The highest BCUT2D eigenvalue weighted by Gasteiger charge is 2.34. The van der Waals surface area contributed by atoms with E-state index in [1.165, 1.54) is 18.4 Å². The van der Waals surface area contributed by atoms with Gasteiger partial charge in [0.05, 0.1) is 12.6 Å². The number of halogens is 1. The van der Waals surface area contributed by atoms with Crippen molar-refractivity contribution in [2.24, 2.45) is 11.7 Å². The van der Waals surface area contributed by atoms with Gasteiger partial charge < -0.3 is 5.73 Å². The lowest BCUT2D eigenvalue weighted by Crippen LogP contribution is -2.24. The van der Waals surface area contributed by atoms with Gasteiger partial charge in [-0.2, -0.15) is 0 Å². The molecule has 2 N–H and O–H groups in total. The van der Waals surface area contributed by atoms with Gasteiger partial charge in [-0.15, -0.1) is 17.5 Å². The van der Waals surface area contributed by atoms with E-state index in [2.05, 4.69) is 50.8 Å². The minimum atomic E-state index is 0. The summed E-state index contributed by atoms with van der Waals surface area (Å²) in [4.78, 5) is 2.44. The van der Waals surface area contributed by atoms with Crippen LogP contribution < -0.4 is 5.73 Å². The zero-order chi connectivity index (χ0) is 14.9. The number of nitrogens with two attached hydrogens (primary N) is 1. The van der Waals surface area contributed by atoms with Crippen molar-refractivity contribution in [1.29, 1.82) is 0 Å². The van der Waals surface area contributed by atoms with Gasteiger partial charge in [-0.3, -0.25) is 4.90 Å². The predicted octanol–water partition coefficient (Wildman–Crippen LogP) is 1.60. The van der Waals surface area contributed by atoms with E-state index in [0.29, 0.717) is 17.9 Å². The first-order valence-corrected chi connectivity index (χ1v) is 8.09. The summed E-state index contributed by atoms with van der Waals surface area (Å²) in [6.07, 6.45) is 2.41. The van der Waals surface area contributed by atoms with Gasteiger partial charge in [0.1, 0.15) is 0 Å². The summed E-state index contributed by atoms with van der Waals surface area (Å²) in [5.74, 6) is 2.01. The van der Waals surface area contributed by atoms with Crippen molar-refractivity contribution in [3.8, 4) is 0 Å². The fourth-order valence-corrected chi connectivity index (χ4v) is 3.53. The monoisotopic (exact) mass is 334 g/mol. The van der Waals surface area contributed by atoms with Crippen LogP contribution in [-0.4, -0.2) is 44.7 Å². The molecule has 2 heterocycles. The van der Waals surface area contributed by atoms with E-state index in [-0.39, 0.29) is 12.4 Å².